The van der Waals surface area contributed by atoms with Crippen LogP contribution in [0.25, 0.3) is 5.69 Å². The van der Waals surface area contributed by atoms with Gasteiger partial charge in [0.2, 0.25) is 5.91 Å². The summed E-state index contributed by atoms with van der Waals surface area (Å²) >= 11 is 1.40. The van der Waals surface area contributed by atoms with E-state index < -0.39 is 0 Å². The van der Waals surface area contributed by atoms with Crippen LogP contribution in [-0.4, -0.2) is 26.4 Å². The number of carbonyl (C=O) groups excluding carboxylic acids is 1. The van der Waals surface area contributed by atoms with Gasteiger partial charge in [-0.2, -0.15) is 0 Å². The van der Waals surface area contributed by atoms with Crippen molar-refractivity contribution in [2.24, 2.45) is 0 Å². The monoisotopic (exact) mass is 394 g/mol. The summed E-state index contributed by atoms with van der Waals surface area (Å²) in [7, 11) is 0. The molecule has 1 N–H and O–H groups in total. The Morgan fingerprint density at radius 1 is 1.11 bits per heavy atom. The van der Waals surface area contributed by atoms with Crippen molar-refractivity contribution in [1.82, 2.24) is 14.8 Å². The van der Waals surface area contributed by atoms with Crippen molar-refractivity contribution in [3.05, 3.63) is 65.0 Å². The van der Waals surface area contributed by atoms with Crippen LogP contribution in [0, 0.1) is 20.8 Å². The molecule has 0 aliphatic rings. The fraction of sp³-hybridized carbons (Fsp3) is 0.318. The fourth-order valence-corrected chi connectivity index (χ4v) is 3.90. The molecular formula is C22H26N4OS. The summed E-state index contributed by atoms with van der Waals surface area (Å²) in [5.74, 6) is 1.38. The van der Waals surface area contributed by atoms with Crippen molar-refractivity contribution in [3.8, 4) is 5.69 Å². The van der Waals surface area contributed by atoms with Gasteiger partial charge in [-0.1, -0.05) is 55.9 Å². The first-order valence-corrected chi connectivity index (χ1v) is 10.4. The molecule has 0 fully saturated rings. The zero-order chi connectivity index (χ0) is 20.3. The lowest BCUT2D eigenvalue weighted by atomic mass is 10.0. The van der Waals surface area contributed by atoms with Gasteiger partial charge in [0.1, 0.15) is 5.82 Å². The van der Waals surface area contributed by atoms with E-state index in [2.05, 4.69) is 61.4 Å². The van der Waals surface area contributed by atoms with Gasteiger partial charge in [0, 0.05) is 5.69 Å². The normalized spacial score (nSPS) is 11.1. The summed E-state index contributed by atoms with van der Waals surface area (Å²) in [6.07, 6.45) is 0. The van der Waals surface area contributed by atoms with E-state index in [9.17, 15) is 4.79 Å². The number of nitrogens with one attached hydrogen (secondary N) is 1. The van der Waals surface area contributed by atoms with E-state index in [0.29, 0.717) is 5.92 Å². The minimum absolute atomic E-state index is 0.0498. The molecule has 0 saturated heterocycles. The van der Waals surface area contributed by atoms with Gasteiger partial charge >= 0.3 is 0 Å². The summed E-state index contributed by atoms with van der Waals surface area (Å²) in [6, 6.07) is 14.2. The Balaban J connectivity index is 1.76. The van der Waals surface area contributed by atoms with Gasteiger partial charge in [0.25, 0.3) is 0 Å². The van der Waals surface area contributed by atoms with E-state index in [1.165, 1.54) is 17.3 Å². The molecular weight excluding hydrogens is 368 g/mol. The summed E-state index contributed by atoms with van der Waals surface area (Å²) in [6.45, 7) is 10.3. The van der Waals surface area contributed by atoms with Crippen LogP contribution < -0.4 is 5.32 Å². The maximum Gasteiger partial charge on any atom is 0.234 e. The maximum absolute atomic E-state index is 12.5. The van der Waals surface area contributed by atoms with Crippen LogP contribution in [0.1, 0.15) is 42.3 Å². The Kier molecular flexibility index (Phi) is 6.19. The van der Waals surface area contributed by atoms with Gasteiger partial charge in [-0.25, -0.2) is 0 Å². The molecule has 0 bridgehead atoms. The number of nitrogens with zero attached hydrogens (tertiary/aromatic N) is 3. The fourth-order valence-electron chi connectivity index (χ4n) is 3.10. The first-order chi connectivity index (χ1) is 13.4. The highest BCUT2D eigenvalue weighted by Gasteiger charge is 2.16. The minimum Gasteiger partial charge on any atom is -0.325 e. The number of aryl methyl sites for hydroxylation is 3. The smallest absolute Gasteiger partial charge is 0.234 e. The van der Waals surface area contributed by atoms with Gasteiger partial charge in [-0.05, 0) is 55.5 Å². The molecule has 0 spiro atoms. The van der Waals surface area contributed by atoms with E-state index in [0.717, 1.165) is 33.5 Å². The molecule has 1 amide bonds. The molecule has 1 aromatic heterocycles. The predicted molar refractivity (Wildman–Crippen MR) is 115 cm³/mol. The Morgan fingerprint density at radius 3 is 2.61 bits per heavy atom. The van der Waals surface area contributed by atoms with Crippen molar-refractivity contribution in [2.45, 2.75) is 45.7 Å². The third-order valence-corrected chi connectivity index (χ3v) is 5.52. The third-order valence-electron chi connectivity index (χ3n) is 4.59. The summed E-state index contributed by atoms with van der Waals surface area (Å²) in [4.78, 5) is 12.5. The number of rotatable bonds is 6. The minimum atomic E-state index is -0.0498. The molecule has 3 aromatic rings. The van der Waals surface area contributed by atoms with Gasteiger partial charge in [0.15, 0.2) is 5.16 Å². The van der Waals surface area contributed by atoms with Crippen LogP contribution in [0.3, 0.4) is 0 Å². The molecule has 1 heterocycles. The number of thioether (sulfide) groups is 1. The van der Waals surface area contributed by atoms with Crippen molar-refractivity contribution in [3.63, 3.8) is 0 Å². The summed E-state index contributed by atoms with van der Waals surface area (Å²) in [5, 5.41) is 12.3. The molecule has 146 valence electrons. The Morgan fingerprint density at radius 2 is 1.86 bits per heavy atom. The second-order valence-electron chi connectivity index (χ2n) is 7.23. The zero-order valence-electron chi connectivity index (χ0n) is 17.0. The van der Waals surface area contributed by atoms with E-state index in [1.54, 1.807) is 0 Å². The van der Waals surface area contributed by atoms with Crippen molar-refractivity contribution >= 4 is 23.4 Å². The van der Waals surface area contributed by atoms with Crippen molar-refractivity contribution < 1.29 is 4.79 Å². The lowest BCUT2D eigenvalue weighted by molar-refractivity contribution is -0.113. The molecule has 0 radical (unpaired) electrons. The Hall–Kier alpha value is -2.60. The topological polar surface area (TPSA) is 59.8 Å². The summed E-state index contributed by atoms with van der Waals surface area (Å²) in [5.41, 5.74) is 5.37. The highest BCUT2D eigenvalue weighted by Crippen LogP contribution is 2.26. The van der Waals surface area contributed by atoms with Crippen LogP contribution >= 0.6 is 11.8 Å². The average molecular weight is 395 g/mol. The molecule has 5 nitrogen and oxygen atoms in total. The largest absolute Gasteiger partial charge is 0.325 e. The second kappa shape index (κ2) is 8.61. The number of aromatic nitrogens is 3. The molecule has 0 saturated carbocycles. The van der Waals surface area contributed by atoms with Crippen molar-refractivity contribution in [2.75, 3.05) is 11.1 Å². The van der Waals surface area contributed by atoms with Crippen LogP contribution in [0.5, 0.6) is 0 Å². The summed E-state index contributed by atoms with van der Waals surface area (Å²) < 4.78 is 2.02. The lowest BCUT2D eigenvalue weighted by Gasteiger charge is -2.14. The third kappa shape index (κ3) is 4.44. The first-order valence-electron chi connectivity index (χ1n) is 9.38. The molecule has 28 heavy (non-hydrogen) atoms. The van der Waals surface area contributed by atoms with E-state index in [-0.39, 0.29) is 11.7 Å². The zero-order valence-corrected chi connectivity index (χ0v) is 17.8. The quantitative estimate of drug-likeness (QED) is 0.595. The van der Waals surface area contributed by atoms with Gasteiger partial charge in [-0.3, -0.25) is 9.36 Å². The van der Waals surface area contributed by atoms with Crippen LogP contribution in [0.2, 0.25) is 0 Å². The van der Waals surface area contributed by atoms with E-state index in [4.69, 9.17) is 0 Å². The molecule has 6 heteroatoms. The number of benzene rings is 2. The van der Waals surface area contributed by atoms with Gasteiger partial charge in [-0.15, -0.1) is 10.2 Å². The van der Waals surface area contributed by atoms with E-state index >= 15 is 0 Å². The van der Waals surface area contributed by atoms with Crippen molar-refractivity contribution in [1.29, 1.82) is 0 Å². The van der Waals surface area contributed by atoms with E-state index in [1.807, 2.05) is 35.8 Å². The predicted octanol–water partition coefficient (Wildman–Crippen LogP) is 5.05. The highest BCUT2D eigenvalue weighted by atomic mass is 32.2. The number of hydrogen-bond acceptors (Lipinski definition) is 4. The lowest BCUT2D eigenvalue weighted by Crippen LogP contribution is -2.16. The maximum atomic E-state index is 12.5. The molecule has 0 aliphatic heterocycles. The SMILES string of the molecule is Cc1ccc(C)c(-n2c(C)nnc2SCC(=O)Nc2ccccc2C(C)C)c1. The Labute approximate surface area is 170 Å². The number of carbonyl (C=O) groups is 1. The molecule has 0 aliphatic carbocycles. The molecule has 0 atom stereocenters. The van der Waals surface area contributed by atoms with Gasteiger partial charge in [0.05, 0.1) is 11.4 Å². The number of hydrogen-bond donors (Lipinski definition) is 1. The number of para-hydroxylation sites is 1. The molecule has 2 aromatic carbocycles. The number of amides is 1. The molecule has 0 unspecified atom stereocenters. The molecule has 3 rings (SSSR count). The van der Waals surface area contributed by atoms with Crippen LogP contribution in [0.4, 0.5) is 5.69 Å². The van der Waals surface area contributed by atoms with Gasteiger partial charge < -0.3 is 5.32 Å². The number of anilines is 1. The first kappa shape index (κ1) is 20.1. The second-order valence-corrected chi connectivity index (χ2v) is 8.18. The van der Waals surface area contributed by atoms with Crippen LogP contribution in [0.15, 0.2) is 47.6 Å². The highest BCUT2D eigenvalue weighted by molar-refractivity contribution is 7.99. The average Bonchev–Trinajstić information content (AvgIpc) is 3.02. The van der Waals surface area contributed by atoms with Crippen LogP contribution in [-0.2, 0) is 4.79 Å². The Bertz CT molecular complexity index is 994. The standard InChI is InChI=1S/C22H26N4OS/c1-14(2)18-8-6-7-9-19(18)23-21(27)13-28-22-25-24-17(5)26(22)20-12-15(3)10-11-16(20)4/h6-12,14H,13H2,1-5H3,(H,23,27).